The SMILES string of the molecule is COc1ccc(OC)c(NC(=O)CCc2nc(-c3ccccc3)no2)c1. The molecule has 0 aliphatic rings. The first-order chi connectivity index (χ1) is 12.7. The first-order valence-electron chi connectivity index (χ1n) is 8.09. The van der Waals surface area contributed by atoms with Crippen molar-refractivity contribution >= 4 is 11.6 Å². The molecule has 0 aliphatic heterocycles. The van der Waals surface area contributed by atoms with Crippen LogP contribution in [-0.2, 0) is 11.2 Å². The number of rotatable bonds is 7. The van der Waals surface area contributed by atoms with Crippen LogP contribution in [-0.4, -0.2) is 30.3 Å². The number of carbonyl (C=O) groups is 1. The molecule has 0 atom stereocenters. The molecule has 1 amide bonds. The summed E-state index contributed by atoms with van der Waals surface area (Å²) in [5.74, 6) is 1.93. The predicted molar refractivity (Wildman–Crippen MR) is 96.2 cm³/mol. The Morgan fingerprint density at radius 3 is 2.65 bits per heavy atom. The summed E-state index contributed by atoms with van der Waals surface area (Å²) in [5.41, 5.74) is 1.42. The maximum atomic E-state index is 12.2. The molecule has 134 valence electrons. The summed E-state index contributed by atoms with van der Waals surface area (Å²) < 4.78 is 15.6. The molecule has 1 aromatic heterocycles. The molecular formula is C19H19N3O4. The van der Waals surface area contributed by atoms with Crippen molar-refractivity contribution in [2.75, 3.05) is 19.5 Å². The Kier molecular flexibility index (Phi) is 5.48. The van der Waals surface area contributed by atoms with Crippen LogP contribution in [0.15, 0.2) is 53.1 Å². The quantitative estimate of drug-likeness (QED) is 0.701. The second-order valence-corrected chi connectivity index (χ2v) is 5.49. The number of ether oxygens (including phenoxy) is 2. The second-order valence-electron chi connectivity index (χ2n) is 5.49. The Morgan fingerprint density at radius 2 is 1.92 bits per heavy atom. The normalized spacial score (nSPS) is 10.4. The van der Waals surface area contributed by atoms with E-state index in [0.717, 1.165) is 5.56 Å². The van der Waals surface area contributed by atoms with Gasteiger partial charge < -0.3 is 19.3 Å². The van der Waals surface area contributed by atoms with E-state index in [-0.39, 0.29) is 12.3 Å². The Hall–Kier alpha value is -3.35. The van der Waals surface area contributed by atoms with E-state index in [1.54, 1.807) is 32.4 Å². The summed E-state index contributed by atoms with van der Waals surface area (Å²) >= 11 is 0. The van der Waals surface area contributed by atoms with Crippen molar-refractivity contribution in [3.63, 3.8) is 0 Å². The van der Waals surface area contributed by atoms with Crippen LogP contribution in [0.2, 0.25) is 0 Å². The van der Waals surface area contributed by atoms with E-state index in [0.29, 0.717) is 35.3 Å². The van der Waals surface area contributed by atoms with Gasteiger partial charge in [-0.15, -0.1) is 0 Å². The van der Waals surface area contributed by atoms with Gasteiger partial charge in [0.15, 0.2) is 0 Å². The Labute approximate surface area is 150 Å². The molecule has 0 aliphatic carbocycles. The van der Waals surface area contributed by atoms with Gasteiger partial charge in [-0.25, -0.2) is 0 Å². The minimum atomic E-state index is -0.184. The number of benzene rings is 2. The van der Waals surface area contributed by atoms with Gasteiger partial charge in [-0.1, -0.05) is 35.5 Å². The van der Waals surface area contributed by atoms with Crippen LogP contribution < -0.4 is 14.8 Å². The maximum absolute atomic E-state index is 12.2. The Bertz CT molecular complexity index is 878. The van der Waals surface area contributed by atoms with Crippen molar-refractivity contribution in [2.24, 2.45) is 0 Å². The first kappa shape index (κ1) is 17.5. The highest BCUT2D eigenvalue weighted by Gasteiger charge is 2.13. The zero-order valence-corrected chi connectivity index (χ0v) is 14.6. The summed E-state index contributed by atoms with van der Waals surface area (Å²) in [6.45, 7) is 0. The lowest BCUT2D eigenvalue weighted by atomic mass is 10.2. The predicted octanol–water partition coefficient (Wildman–Crippen LogP) is 3.33. The number of hydrogen-bond donors (Lipinski definition) is 1. The van der Waals surface area contributed by atoms with Crippen LogP contribution >= 0.6 is 0 Å². The van der Waals surface area contributed by atoms with Crippen LogP contribution in [0.5, 0.6) is 11.5 Å². The molecule has 0 radical (unpaired) electrons. The van der Waals surface area contributed by atoms with Crippen molar-refractivity contribution in [3.05, 3.63) is 54.4 Å². The molecule has 26 heavy (non-hydrogen) atoms. The Balaban J connectivity index is 1.61. The number of amides is 1. The van der Waals surface area contributed by atoms with Crippen molar-refractivity contribution in [1.82, 2.24) is 10.1 Å². The summed E-state index contributed by atoms with van der Waals surface area (Å²) in [7, 11) is 3.11. The average molecular weight is 353 g/mol. The third-order valence-electron chi connectivity index (χ3n) is 3.75. The molecule has 2 aromatic carbocycles. The van der Waals surface area contributed by atoms with E-state index in [9.17, 15) is 4.79 Å². The molecule has 0 bridgehead atoms. The van der Waals surface area contributed by atoms with Gasteiger partial charge in [0.25, 0.3) is 0 Å². The van der Waals surface area contributed by atoms with Gasteiger partial charge >= 0.3 is 0 Å². The lowest BCUT2D eigenvalue weighted by Gasteiger charge is -2.11. The van der Waals surface area contributed by atoms with Gasteiger partial charge in [-0.2, -0.15) is 4.98 Å². The van der Waals surface area contributed by atoms with Crippen molar-refractivity contribution in [3.8, 4) is 22.9 Å². The van der Waals surface area contributed by atoms with Crippen molar-refractivity contribution < 1.29 is 18.8 Å². The Morgan fingerprint density at radius 1 is 1.12 bits per heavy atom. The number of anilines is 1. The molecule has 1 heterocycles. The smallest absolute Gasteiger partial charge is 0.227 e. The molecule has 7 heteroatoms. The molecule has 3 rings (SSSR count). The van der Waals surface area contributed by atoms with Crippen LogP contribution in [0.1, 0.15) is 12.3 Å². The van der Waals surface area contributed by atoms with Gasteiger partial charge in [0.05, 0.1) is 19.9 Å². The van der Waals surface area contributed by atoms with Gasteiger partial charge in [0.1, 0.15) is 11.5 Å². The number of carbonyl (C=O) groups excluding carboxylic acids is 1. The highest BCUT2D eigenvalue weighted by atomic mass is 16.5. The highest BCUT2D eigenvalue weighted by Crippen LogP contribution is 2.29. The zero-order valence-electron chi connectivity index (χ0n) is 14.6. The standard InChI is InChI=1S/C19H19N3O4/c1-24-14-8-9-16(25-2)15(12-14)20-17(23)10-11-18-21-19(22-26-18)13-6-4-3-5-7-13/h3-9,12H,10-11H2,1-2H3,(H,20,23). The van der Waals surface area contributed by atoms with E-state index < -0.39 is 0 Å². The summed E-state index contributed by atoms with van der Waals surface area (Å²) in [4.78, 5) is 16.6. The minimum absolute atomic E-state index is 0.184. The highest BCUT2D eigenvalue weighted by molar-refractivity contribution is 5.92. The third kappa shape index (κ3) is 4.18. The number of methoxy groups -OCH3 is 2. The van der Waals surface area contributed by atoms with Crippen LogP contribution in [0.25, 0.3) is 11.4 Å². The van der Waals surface area contributed by atoms with E-state index in [1.165, 1.54) is 0 Å². The molecule has 7 nitrogen and oxygen atoms in total. The summed E-state index contributed by atoms with van der Waals surface area (Å²) in [6, 6.07) is 14.7. The van der Waals surface area contributed by atoms with Crippen LogP contribution in [0.4, 0.5) is 5.69 Å². The summed E-state index contributed by atoms with van der Waals surface area (Å²) in [5, 5.41) is 6.76. The van der Waals surface area contributed by atoms with E-state index in [1.807, 2.05) is 30.3 Å². The lowest BCUT2D eigenvalue weighted by Crippen LogP contribution is -2.13. The van der Waals surface area contributed by atoms with Crippen LogP contribution in [0.3, 0.4) is 0 Å². The average Bonchev–Trinajstić information content (AvgIpc) is 3.16. The van der Waals surface area contributed by atoms with Gasteiger partial charge in [-0.05, 0) is 12.1 Å². The topological polar surface area (TPSA) is 86.5 Å². The molecular weight excluding hydrogens is 334 g/mol. The van der Waals surface area contributed by atoms with Crippen molar-refractivity contribution in [1.29, 1.82) is 0 Å². The number of nitrogens with one attached hydrogen (secondary N) is 1. The molecule has 0 fully saturated rings. The number of nitrogens with zero attached hydrogens (tertiary/aromatic N) is 2. The molecule has 1 N–H and O–H groups in total. The summed E-state index contributed by atoms with van der Waals surface area (Å²) in [6.07, 6.45) is 0.550. The second kappa shape index (κ2) is 8.15. The maximum Gasteiger partial charge on any atom is 0.227 e. The largest absolute Gasteiger partial charge is 0.497 e. The fraction of sp³-hybridized carbons (Fsp3) is 0.211. The van der Waals surface area contributed by atoms with E-state index in [2.05, 4.69) is 15.5 Å². The van der Waals surface area contributed by atoms with Gasteiger partial charge in [-0.3, -0.25) is 4.79 Å². The monoisotopic (exact) mass is 353 g/mol. The number of aromatic nitrogens is 2. The molecule has 0 spiro atoms. The third-order valence-corrected chi connectivity index (χ3v) is 3.75. The van der Waals surface area contributed by atoms with Gasteiger partial charge in [0, 0.05) is 24.5 Å². The van der Waals surface area contributed by atoms with Gasteiger partial charge in [0.2, 0.25) is 17.6 Å². The minimum Gasteiger partial charge on any atom is -0.497 e. The molecule has 0 saturated carbocycles. The fourth-order valence-electron chi connectivity index (χ4n) is 2.41. The molecule has 3 aromatic rings. The molecule has 0 saturated heterocycles. The first-order valence-corrected chi connectivity index (χ1v) is 8.09. The molecule has 0 unspecified atom stereocenters. The van der Waals surface area contributed by atoms with Crippen molar-refractivity contribution in [2.45, 2.75) is 12.8 Å². The van der Waals surface area contributed by atoms with E-state index in [4.69, 9.17) is 14.0 Å². The van der Waals surface area contributed by atoms with Crippen LogP contribution in [0, 0.1) is 0 Å². The van der Waals surface area contributed by atoms with E-state index >= 15 is 0 Å². The fourth-order valence-corrected chi connectivity index (χ4v) is 2.41. The zero-order chi connectivity index (χ0) is 18.4. The number of aryl methyl sites for hydroxylation is 1. The lowest BCUT2D eigenvalue weighted by molar-refractivity contribution is -0.116. The number of hydrogen-bond acceptors (Lipinski definition) is 6.